The zero-order valence-corrected chi connectivity index (χ0v) is 17.4. The van der Waals surface area contributed by atoms with E-state index in [1.54, 1.807) is 24.3 Å². The number of sulfonamides is 1. The highest BCUT2D eigenvalue weighted by Crippen LogP contribution is 2.27. The maximum absolute atomic E-state index is 12.8. The first-order valence-corrected chi connectivity index (χ1v) is 12.0. The van der Waals surface area contributed by atoms with Gasteiger partial charge in [-0.2, -0.15) is 4.31 Å². The number of nitrogens with zero attached hydrogens (tertiary/aromatic N) is 4. The summed E-state index contributed by atoms with van der Waals surface area (Å²) >= 11 is 1.54. The molecular formula is C18H24N4O4S2. The standard InChI is InChI=1S/C18H24N4O4S2/c1-27-18-20-19-17(22(18)13-15-3-2-10-26-15)14-4-6-16(7-5-14)28(23,24)21-8-11-25-12-9-21/h4-7,15H,2-3,8-13H2,1H3/t15-/m1/s1. The molecule has 0 bridgehead atoms. The molecule has 1 aromatic heterocycles. The van der Waals surface area contributed by atoms with Crippen molar-refractivity contribution in [3.63, 3.8) is 0 Å². The summed E-state index contributed by atoms with van der Waals surface area (Å²) in [5, 5.41) is 9.45. The highest BCUT2D eigenvalue weighted by molar-refractivity contribution is 7.98. The van der Waals surface area contributed by atoms with E-state index in [-0.39, 0.29) is 11.0 Å². The molecule has 2 fully saturated rings. The Morgan fingerprint density at radius 3 is 2.54 bits per heavy atom. The fraction of sp³-hybridized carbons (Fsp3) is 0.556. The number of morpholine rings is 1. The van der Waals surface area contributed by atoms with E-state index in [0.717, 1.165) is 36.0 Å². The van der Waals surface area contributed by atoms with Crippen LogP contribution in [0.5, 0.6) is 0 Å². The number of benzene rings is 1. The highest BCUT2D eigenvalue weighted by atomic mass is 32.2. The summed E-state index contributed by atoms with van der Waals surface area (Å²) in [6.45, 7) is 3.13. The lowest BCUT2D eigenvalue weighted by Gasteiger charge is -2.26. The van der Waals surface area contributed by atoms with Crippen LogP contribution in [0.25, 0.3) is 11.4 Å². The van der Waals surface area contributed by atoms with Gasteiger partial charge in [-0.15, -0.1) is 10.2 Å². The molecule has 4 rings (SSSR count). The van der Waals surface area contributed by atoms with Crippen LogP contribution < -0.4 is 0 Å². The first kappa shape index (κ1) is 19.8. The average molecular weight is 425 g/mol. The molecule has 152 valence electrons. The lowest BCUT2D eigenvalue weighted by molar-refractivity contribution is 0.0730. The van der Waals surface area contributed by atoms with Crippen LogP contribution in [0.1, 0.15) is 12.8 Å². The van der Waals surface area contributed by atoms with Gasteiger partial charge in [-0.1, -0.05) is 11.8 Å². The Kier molecular flexibility index (Phi) is 6.02. The van der Waals surface area contributed by atoms with E-state index in [0.29, 0.717) is 32.8 Å². The second-order valence-electron chi connectivity index (χ2n) is 6.80. The summed E-state index contributed by atoms with van der Waals surface area (Å²) in [5.41, 5.74) is 0.840. The van der Waals surface area contributed by atoms with Gasteiger partial charge in [-0.25, -0.2) is 8.42 Å². The van der Waals surface area contributed by atoms with Crippen molar-refractivity contribution in [2.75, 3.05) is 39.2 Å². The van der Waals surface area contributed by atoms with Crippen molar-refractivity contribution in [1.29, 1.82) is 0 Å². The molecule has 2 aromatic rings. The third kappa shape index (κ3) is 3.97. The maximum Gasteiger partial charge on any atom is 0.243 e. The molecule has 0 radical (unpaired) electrons. The quantitative estimate of drug-likeness (QED) is 0.654. The van der Waals surface area contributed by atoms with Gasteiger partial charge < -0.3 is 9.47 Å². The minimum Gasteiger partial charge on any atom is -0.379 e. The Morgan fingerprint density at radius 1 is 1.14 bits per heavy atom. The summed E-state index contributed by atoms with van der Waals surface area (Å²) in [6.07, 6.45) is 4.24. The van der Waals surface area contributed by atoms with Crippen LogP contribution in [-0.2, 0) is 26.0 Å². The smallest absolute Gasteiger partial charge is 0.243 e. The summed E-state index contributed by atoms with van der Waals surface area (Å²) in [7, 11) is -3.50. The molecule has 0 saturated carbocycles. The predicted octanol–water partition coefficient (Wildman–Crippen LogP) is 1.87. The number of thioether (sulfide) groups is 1. The number of rotatable bonds is 6. The minimum absolute atomic E-state index is 0.168. The zero-order valence-electron chi connectivity index (χ0n) is 15.8. The van der Waals surface area contributed by atoms with Crippen molar-refractivity contribution < 1.29 is 17.9 Å². The monoisotopic (exact) mass is 424 g/mol. The molecule has 8 nitrogen and oxygen atoms in total. The molecule has 1 aromatic carbocycles. The van der Waals surface area contributed by atoms with Crippen LogP contribution in [0.2, 0.25) is 0 Å². The normalized spacial score (nSPS) is 21.2. The molecule has 0 aliphatic carbocycles. The van der Waals surface area contributed by atoms with Crippen molar-refractivity contribution in [3.05, 3.63) is 24.3 Å². The summed E-state index contributed by atoms with van der Waals surface area (Å²) in [4.78, 5) is 0.286. The first-order chi connectivity index (χ1) is 13.6. The summed E-state index contributed by atoms with van der Waals surface area (Å²) in [5.74, 6) is 0.732. The molecule has 10 heteroatoms. The van der Waals surface area contributed by atoms with Crippen LogP contribution in [0.4, 0.5) is 0 Å². The van der Waals surface area contributed by atoms with Crippen LogP contribution in [0.3, 0.4) is 0 Å². The Hall–Kier alpha value is -1.46. The van der Waals surface area contributed by atoms with Gasteiger partial charge in [0.1, 0.15) is 0 Å². The number of hydrogen-bond donors (Lipinski definition) is 0. The van der Waals surface area contributed by atoms with Crippen molar-refractivity contribution in [2.45, 2.75) is 35.5 Å². The third-order valence-corrected chi connectivity index (χ3v) is 7.61. The van der Waals surface area contributed by atoms with E-state index in [4.69, 9.17) is 9.47 Å². The lowest BCUT2D eigenvalue weighted by atomic mass is 10.2. The van der Waals surface area contributed by atoms with Crippen molar-refractivity contribution in [2.24, 2.45) is 0 Å². The molecule has 2 saturated heterocycles. The largest absolute Gasteiger partial charge is 0.379 e. The fourth-order valence-corrected chi connectivity index (χ4v) is 5.43. The topological polar surface area (TPSA) is 86.5 Å². The molecule has 0 N–H and O–H groups in total. The van der Waals surface area contributed by atoms with E-state index >= 15 is 0 Å². The predicted molar refractivity (Wildman–Crippen MR) is 106 cm³/mol. The molecule has 2 aliphatic heterocycles. The number of hydrogen-bond acceptors (Lipinski definition) is 7. The second-order valence-corrected chi connectivity index (χ2v) is 9.51. The van der Waals surface area contributed by atoms with E-state index < -0.39 is 10.0 Å². The van der Waals surface area contributed by atoms with E-state index in [9.17, 15) is 8.42 Å². The van der Waals surface area contributed by atoms with Gasteiger partial charge in [-0.05, 0) is 43.4 Å². The van der Waals surface area contributed by atoms with Crippen molar-refractivity contribution in [3.8, 4) is 11.4 Å². The second kappa shape index (κ2) is 8.50. The van der Waals surface area contributed by atoms with Gasteiger partial charge in [0.2, 0.25) is 10.0 Å². The van der Waals surface area contributed by atoms with Gasteiger partial charge >= 0.3 is 0 Å². The highest BCUT2D eigenvalue weighted by Gasteiger charge is 2.27. The Balaban J connectivity index is 1.59. The Bertz CT molecular complexity index is 902. The van der Waals surface area contributed by atoms with Gasteiger partial charge in [0.25, 0.3) is 0 Å². The van der Waals surface area contributed by atoms with Crippen LogP contribution >= 0.6 is 11.8 Å². The molecular weight excluding hydrogens is 400 g/mol. The average Bonchev–Trinajstić information content (AvgIpc) is 3.39. The SMILES string of the molecule is CSc1nnc(-c2ccc(S(=O)(=O)N3CCOCC3)cc2)n1C[C@H]1CCCO1. The van der Waals surface area contributed by atoms with Crippen LogP contribution in [0, 0.1) is 0 Å². The molecule has 0 spiro atoms. The molecule has 1 atom stereocenters. The fourth-order valence-electron chi connectivity index (χ4n) is 3.52. The molecule has 0 amide bonds. The lowest BCUT2D eigenvalue weighted by Crippen LogP contribution is -2.40. The van der Waals surface area contributed by atoms with Crippen molar-refractivity contribution in [1.82, 2.24) is 19.1 Å². The maximum atomic E-state index is 12.8. The van der Waals surface area contributed by atoms with Crippen LogP contribution in [-0.4, -0.2) is 72.8 Å². The molecule has 28 heavy (non-hydrogen) atoms. The molecule has 3 heterocycles. The van der Waals surface area contributed by atoms with E-state index in [2.05, 4.69) is 14.8 Å². The van der Waals surface area contributed by atoms with Crippen molar-refractivity contribution >= 4 is 21.8 Å². The Morgan fingerprint density at radius 2 is 1.89 bits per heavy atom. The Labute approximate surface area is 169 Å². The van der Waals surface area contributed by atoms with Gasteiger partial charge in [0.05, 0.1) is 30.8 Å². The number of ether oxygens (including phenoxy) is 2. The molecule has 2 aliphatic rings. The minimum atomic E-state index is -3.50. The van der Waals surface area contributed by atoms with Gasteiger partial charge in [-0.3, -0.25) is 4.57 Å². The summed E-state index contributed by atoms with van der Waals surface area (Å²) < 4.78 is 40.1. The number of aromatic nitrogens is 3. The summed E-state index contributed by atoms with van der Waals surface area (Å²) in [6, 6.07) is 6.88. The zero-order chi connectivity index (χ0) is 19.6. The van der Waals surface area contributed by atoms with Gasteiger partial charge in [0.15, 0.2) is 11.0 Å². The van der Waals surface area contributed by atoms with E-state index in [1.807, 2.05) is 6.26 Å². The molecule has 0 unspecified atom stereocenters. The van der Waals surface area contributed by atoms with Crippen LogP contribution in [0.15, 0.2) is 34.3 Å². The van der Waals surface area contributed by atoms with Gasteiger partial charge in [0, 0.05) is 25.3 Å². The van der Waals surface area contributed by atoms with E-state index in [1.165, 1.54) is 16.1 Å². The first-order valence-electron chi connectivity index (χ1n) is 9.37. The third-order valence-electron chi connectivity index (χ3n) is 5.03.